The fourth-order valence-electron chi connectivity index (χ4n) is 2.60. The highest BCUT2D eigenvalue weighted by Crippen LogP contribution is 2.39. The molecule has 20 heavy (non-hydrogen) atoms. The fourth-order valence-corrected chi connectivity index (χ4v) is 2.60. The number of ether oxygens (including phenoxy) is 1. The van der Waals surface area contributed by atoms with Crippen LogP contribution in [-0.2, 0) is 16.0 Å². The molecule has 1 aromatic carbocycles. The Labute approximate surface area is 116 Å². The average Bonchev–Trinajstić information content (AvgIpc) is 2.43. The third kappa shape index (κ3) is 2.82. The van der Waals surface area contributed by atoms with Gasteiger partial charge in [0.1, 0.15) is 5.75 Å². The zero-order valence-electron chi connectivity index (χ0n) is 11.0. The average molecular weight is 276 g/mol. The van der Waals surface area contributed by atoms with Gasteiger partial charge in [-0.25, -0.2) is 9.59 Å². The molecule has 1 aliphatic carbocycles. The Hall–Kier alpha value is -2.30. The van der Waals surface area contributed by atoms with Crippen LogP contribution in [0.1, 0.15) is 29.9 Å². The van der Waals surface area contributed by atoms with Crippen LogP contribution in [0.15, 0.2) is 30.4 Å². The van der Waals surface area contributed by atoms with Gasteiger partial charge in [-0.05, 0) is 36.5 Å². The summed E-state index contributed by atoms with van der Waals surface area (Å²) in [6, 6.07) is 5.33. The minimum absolute atomic E-state index is 0.168. The van der Waals surface area contributed by atoms with Gasteiger partial charge in [-0.15, -0.1) is 0 Å². The van der Waals surface area contributed by atoms with Crippen LogP contribution >= 0.6 is 0 Å². The van der Waals surface area contributed by atoms with Crippen molar-refractivity contribution < 1.29 is 24.5 Å². The van der Waals surface area contributed by atoms with E-state index in [1.54, 1.807) is 12.1 Å². The number of hydrogen-bond donors (Lipinski definition) is 2. The summed E-state index contributed by atoms with van der Waals surface area (Å²) in [4.78, 5) is 21.7. The van der Waals surface area contributed by atoms with Crippen LogP contribution in [0.2, 0.25) is 0 Å². The molecule has 0 amide bonds. The van der Waals surface area contributed by atoms with Crippen LogP contribution in [0.4, 0.5) is 0 Å². The summed E-state index contributed by atoms with van der Waals surface area (Å²) in [5.41, 5.74) is 1.94. The molecule has 0 spiro atoms. The maximum absolute atomic E-state index is 11.1. The Balaban J connectivity index is 2.33. The van der Waals surface area contributed by atoms with Crippen LogP contribution < -0.4 is 4.74 Å². The molecule has 106 valence electrons. The third-order valence-electron chi connectivity index (χ3n) is 3.51. The van der Waals surface area contributed by atoms with Gasteiger partial charge in [0.05, 0.1) is 0 Å². The standard InChI is InChI=1S/C15H16O5/c1-9(15(18)19)10-4-2-6-12-11(10)5-3-7-13(12)20-8-14(16)17/h3,5,7,10H,1-2,4,6,8H2,(H,16,17)(H,18,19). The van der Waals surface area contributed by atoms with E-state index in [0.717, 1.165) is 30.4 Å². The Morgan fingerprint density at radius 3 is 2.75 bits per heavy atom. The molecule has 0 aromatic heterocycles. The molecule has 1 atom stereocenters. The maximum Gasteiger partial charge on any atom is 0.341 e. The van der Waals surface area contributed by atoms with Crippen molar-refractivity contribution in [3.63, 3.8) is 0 Å². The molecule has 5 heteroatoms. The number of hydrogen-bond acceptors (Lipinski definition) is 3. The minimum atomic E-state index is -1.04. The summed E-state index contributed by atoms with van der Waals surface area (Å²) in [7, 11) is 0. The summed E-state index contributed by atoms with van der Waals surface area (Å²) in [6.45, 7) is 3.24. The van der Waals surface area contributed by atoms with E-state index in [1.807, 2.05) is 6.07 Å². The molecule has 5 nitrogen and oxygen atoms in total. The molecule has 0 fully saturated rings. The van der Waals surface area contributed by atoms with Crippen LogP contribution in [0, 0.1) is 0 Å². The molecule has 0 aliphatic heterocycles. The first kappa shape index (κ1) is 14.1. The predicted octanol–water partition coefficient (Wildman–Crippen LogP) is 2.21. The molecule has 1 aliphatic rings. The first-order valence-corrected chi connectivity index (χ1v) is 6.39. The molecular formula is C15H16O5. The smallest absolute Gasteiger partial charge is 0.341 e. The first-order valence-electron chi connectivity index (χ1n) is 6.39. The molecule has 2 N–H and O–H groups in total. The predicted molar refractivity (Wildman–Crippen MR) is 72.0 cm³/mol. The number of benzene rings is 1. The molecule has 0 radical (unpaired) electrons. The van der Waals surface area contributed by atoms with E-state index in [0.29, 0.717) is 5.75 Å². The van der Waals surface area contributed by atoms with Crippen molar-refractivity contribution in [3.05, 3.63) is 41.5 Å². The Morgan fingerprint density at radius 1 is 1.35 bits per heavy atom. The van der Waals surface area contributed by atoms with Gasteiger partial charge < -0.3 is 14.9 Å². The Morgan fingerprint density at radius 2 is 2.10 bits per heavy atom. The maximum atomic E-state index is 11.1. The van der Waals surface area contributed by atoms with E-state index in [4.69, 9.17) is 14.9 Å². The van der Waals surface area contributed by atoms with Gasteiger partial charge in [0.15, 0.2) is 6.61 Å². The molecule has 0 bridgehead atoms. The second-order valence-corrected chi connectivity index (χ2v) is 4.78. The van der Waals surface area contributed by atoms with Crippen molar-refractivity contribution in [2.24, 2.45) is 0 Å². The number of rotatable bonds is 5. The number of aliphatic carboxylic acids is 2. The molecule has 1 aromatic rings. The second-order valence-electron chi connectivity index (χ2n) is 4.78. The van der Waals surface area contributed by atoms with Gasteiger partial charge in [0.25, 0.3) is 0 Å². The molecule has 0 saturated heterocycles. The zero-order chi connectivity index (χ0) is 14.7. The van der Waals surface area contributed by atoms with Crippen molar-refractivity contribution in [3.8, 4) is 5.75 Å². The van der Waals surface area contributed by atoms with E-state index in [2.05, 4.69) is 6.58 Å². The quantitative estimate of drug-likeness (QED) is 0.805. The van der Waals surface area contributed by atoms with Gasteiger partial charge in [-0.3, -0.25) is 0 Å². The third-order valence-corrected chi connectivity index (χ3v) is 3.51. The summed E-state index contributed by atoms with van der Waals surface area (Å²) >= 11 is 0. The lowest BCUT2D eigenvalue weighted by atomic mass is 9.79. The lowest BCUT2D eigenvalue weighted by Crippen LogP contribution is -2.18. The number of carbonyl (C=O) groups is 2. The number of carboxylic acid groups (broad SMARTS) is 2. The normalized spacial score (nSPS) is 17.1. The van der Waals surface area contributed by atoms with Crippen LogP contribution in [0.25, 0.3) is 0 Å². The molecule has 0 heterocycles. The van der Waals surface area contributed by atoms with E-state index in [1.165, 1.54) is 0 Å². The van der Waals surface area contributed by atoms with E-state index in [9.17, 15) is 9.59 Å². The Kier molecular flexibility index (Phi) is 4.08. The minimum Gasteiger partial charge on any atom is -0.482 e. The first-order chi connectivity index (χ1) is 9.50. The lowest BCUT2D eigenvalue weighted by Gasteiger charge is -2.27. The highest BCUT2D eigenvalue weighted by atomic mass is 16.5. The van der Waals surface area contributed by atoms with Gasteiger partial charge in [-0.1, -0.05) is 18.7 Å². The van der Waals surface area contributed by atoms with Gasteiger partial charge >= 0.3 is 11.9 Å². The number of carboxylic acids is 2. The van der Waals surface area contributed by atoms with E-state index < -0.39 is 18.5 Å². The molecular weight excluding hydrogens is 260 g/mol. The van der Waals surface area contributed by atoms with Crippen LogP contribution in [0.3, 0.4) is 0 Å². The zero-order valence-corrected chi connectivity index (χ0v) is 11.0. The summed E-state index contributed by atoms with van der Waals surface area (Å²) in [5.74, 6) is -1.75. The van der Waals surface area contributed by atoms with Crippen molar-refractivity contribution in [1.29, 1.82) is 0 Å². The lowest BCUT2D eigenvalue weighted by molar-refractivity contribution is -0.139. The van der Waals surface area contributed by atoms with Crippen LogP contribution in [0.5, 0.6) is 5.75 Å². The van der Waals surface area contributed by atoms with Gasteiger partial charge in [0.2, 0.25) is 0 Å². The Bertz CT molecular complexity index is 561. The van der Waals surface area contributed by atoms with Gasteiger partial charge in [-0.2, -0.15) is 0 Å². The summed E-state index contributed by atoms with van der Waals surface area (Å²) in [6.07, 6.45) is 2.33. The van der Waals surface area contributed by atoms with Crippen LogP contribution in [-0.4, -0.2) is 28.8 Å². The van der Waals surface area contributed by atoms with Crippen molar-refractivity contribution in [1.82, 2.24) is 0 Å². The van der Waals surface area contributed by atoms with Gasteiger partial charge in [0, 0.05) is 11.5 Å². The summed E-state index contributed by atoms with van der Waals surface area (Å²) in [5, 5.41) is 17.8. The second kappa shape index (κ2) is 5.77. The molecule has 0 saturated carbocycles. The monoisotopic (exact) mass is 276 g/mol. The molecule has 1 unspecified atom stereocenters. The fraction of sp³-hybridized carbons (Fsp3) is 0.333. The van der Waals surface area contributed by atoms with Crippen molar-refractivity contribution >= 4 is 11.9 Å². The molecule has 2 rings (SSSR count). The van der Waals surface area contributed by atoms with Crippen molar-refractivity contribution in [2.45, 2.75) is 25.2 Å². The highest BCUT2D eigenvalue weighted by Gasteiger charge is 2.27. The SMILES string of the molecule is C=C(C(=O)O)C1CCCc2c(OCC(=O)O)cccc21. The topological polar surface area (TPSA) is 83.8 Å². The van der Waals surface area contributed by atoms with E-state index in [-0.39, 0.29) is 11.5 Å². The number of fused-ring (bicyclic) bond motifs is 1. The van der Waals surface area contributed by atoms with E-state index >= 15 is 0 Å². The van der Waals surface area contributed by atoms with Crippen molar-refractivity contribution in [2.75, 3.05) is 6.61 Å². The summed E-state index contributed by atoms with van der Waals surface area (Å²) < 4.78 is 5.28. The highest BCUT2D eigenvalue weighted by molar-refractivity contribution is 5.88. The largest absolute Gasteiger partial charge is 0.482 e.